The van der Waals surface area contributed by atoms with Crippen LogP contribution in [0.3, 0.4) is 0 Å². The van der Waals surface area contributed by atoms with Gasteiger partial charge in [-0.1, -0.05) is 39.3 Å². The summed E-state index contributed by atoms with van der Waals surface area (Å²) in [6.45, 7) is 7.62. The van der Waals surface area contributed by atoms with Crippen LogP contribution in [0.25, 0.3) is 0 Å². The van der Waals surface area contributed by atoms with Gasteiger partial charge in [0.1, 0.15) is 11.8 Å². The van der Waals surface area contributed by atoms with Crippen LogP contribution in [0.4, 0.5) is 5.69 Å². The number of carbonyl (C=O) groups excluding carboxylic acids is 3. The van der Waals surface area contributed by atoms with E-state index in [0.717, 1.165) is 6.42 Å². The number of allylic oxidation sites excluding steroid dienone is 1. The highest BCUT2D eigenvalue weighted by molar-refractivity contribution is 6.01. The number of fused-ring (bicyclic) bond motifs is 1. The number of benzene rings is 1. The number of nitrogens with zero attached hydrogens (tertiary/aromatic N) is 1. The molecule has 2 amide bonds. The molecule has 2 aliphatic rings. The molecule has 0 aromatic heterocycles. The molecule has 35 heavy (non-hydrogen) atoms. The van der Waals surface area contributed by atoms with E-state index in [9.17, 15) is 19.5 Å². The highest BCUT2D eigenvalue weighted by atomic mass is 16.5. The molecule has 7 atom stereocenters. The molecule has 1 aliphatic carbocycles. The van der Waals surface area contributed by atoms with Gasteiger partial charge >= 0.3 is 5.97 Å². The molecule has 8 nitrogen and oxygen atoms in total. The molecule has 0 unspecified atom stereocenters. The Labute approximate surface area is 207 Å². The number of hydrogen-bond acceptors (Lipinski definition) is 6. The fraction of sp³-hybridized carbons (Fsp3) is 0.593. The van der Waals surface area contributed by atoms with Gasteiger partial charge in [-0.25, -0.2) is 0 Å². The van der Waals surface area contributed by atoms with E-state index >= 15 is 0 Å². The van der Waals surface area contributed by atoms with Crippen molar-refractivity contribution in [3.05, 3.63) is 36.4 Å². The summed E-state index contributed by atoms with van der Waals surface area (Å²) in [5, 5.41) is 13.2. The summed E-state index contributed by atoms with van der Waals surface area (Å²) in [6, 6.07) is 5.56. The predicted molar refractivity (Wildman–Crippen MR) is 133 cm³/mol. The number of carbonyl (C=O) groups is 3. The standard InChI is InChI=1S/C27H38N2O6/c1-6-16(4)21(15-30)29-24(25(31)28-18-10-12-19(34-5)13-11-18)20-14-9-17(7-2)22(23(20)26(29)32)27(33)35-8-3/h9-14,16-17,20-24,30H,6-8,15H2,1-5H3,(H,28,31)/t16-,17+,20-,21-,22+,23-,24-/m0/s1. The smallest absolute Gasteiger partial charge is 0.310 e. The van der Waals surface area contributed by atoms with Gasteiger partial charge in [0.15, 0.2) is 0 Å². The minimum Gasteiger partial charge on any atom is -0.497 e. The number of hydrogen-bond donors (Lipinski definition) is 2. The van der Waals surface area contributed by atoms with Crippen LogP contribution in [0, 0.1) is 29.6 Å². The molecule has 0 radical (unpaired) electrons. The predicted octanol–water partition coefficient (Wildman–Crippen LogP) is 3.26. The zero-order valence-corrected chi connectivity index (χ0v) is 21.3. The molecule has 8 heteroatoms. The zero-order valence-electron chi connectivity index (χ0n) is 21.3. The molecule has 0 saturated carbocycles. The molecule has 2 N–H and O–H groups in total. The molecule has 1 saturated heterocycles. The van der Waals surface area contributed by atoms with Gasteiger partial charge in [-0.15, -0.1) is 0 Å². The van der Waals surface area contributed by atoms with Gasteiger partial charge in [0.25, 0.3) is 0 Å². The molecule has 0 spiro atoms. The lowest BCUT2D eigenvalue weighted by atomic mass is 9.69. The molecular weight excluding hydrogens is 448 g/mol. The van der Waals surface area contributed by atoms with Gasteiger partial charge in [-0.3, -0.25) is 14.4 Å². The van der Waals surface area contributed by atoms with E-state index in [0.29, 0.717) is 17.9 Å². The Morgan fingerprint density at radius 1 is 1.14 bits per heavy atom. The number of aliphatic hydroxyl groups is 1. The second kappa shape index (κ2) is 11.7. The molecule has 1 heterocycles. The van der Waals surface area contributed by atoms with Crippen LogP contribution in [0.15, 0.2) is 36.4 Å². The largest absolute Gasteiger partial charge is 0.497 e. The Kier molecular flexibility index (Phi) is 8.94. The maximum atomic E-state index is 14.0. The van der Waals surface area contributed by atoms with E-state index in [1.165, 1.54) is 4.90 Å². The summed E-state index contributed by atoms with van der Waals surface area (Å²) in [5.74, 6) is -2.44. The third kappa shape index (κ3) is 5.22. The van der Waals surface area contributed by atoms with Crippen LogP contribution >= 0.6 is 0 Å². The number of nitrogens with one attached hydrogen (secondary N) is 1. The van der Waals surface area contributed by atoms with Crippen molar-refractivity contribution in [1.82, 2.24) is 4.90 Å². The van der Waals surface area contributed by atoms with Crippen LogP contribution in [-0.4, -0.2) is 60.2 Å². The van der Waals surface area contributed by atoms with Crippen molar-refractivity contribution in [2.45, 2.75) is 52.6 Å². The number of methoxy groups -OCH3 is 1. The minimum atomic E-state index is -0.855. The Morgan fingerprint density at radius 2 is 1.83 bits per heavy atom. The van der Waals surface area contributed by atoms with Gasteiger partial charge in [-0.05, 0) is 49.4 Å². The van der Waals surface area contributed by atoms with Crippen molar-refractivity contribution in [1.29, 1.82) is 0 Å². The van der Waals surface area contributed by atoms with E-state index in [1.54, 1.807) is 38.3 Å². The first kappa shape index (κ1) is 26.7. The Bertz CT molecular complexity index is 930. The quantitative estimate of drug-likeness (QED) is 0.389. The Morgan fingerprint density at radius 3 is 2.37 bits per heavy atom. The summed E-state index contributed by atoms with van der Waals surface area (Å²) in [5.41, 5.74) is 0.573. The van der Waals surface area contributed by atoms with E-state index in [-0.39, 0.29) is 36.9 Å². The number of esters is 1. The topological polar surface area (TPSA) is 105 Å². The van der Waals surface area contributed by atoms with Crippen molar-refractivity contribution in [3.63, 3.8) is 0 Å². The number of ether oxygens (including phenoxy) is 2. The van der Waals surface area contributed by atoms with Gasteiger partial charge < -0.3 is 24.8 Å². The lowest BCUT2D eigenvalue weighted by Crippen LogP contribution is -2.52. The van der Waals surface area contributed by atoms with Crippen LogP contribution in [0.1, 0.15) is 40.5 Å². The lowest BCUT2D eigenvalue weighted by Gasteiger charge is -2.36. The van der Waals surface area contributed by atoms with E-state index < -0.39 is 35.8 Å². The molecule has 3 rings (SSSR count). The van der Waals surface area contributed by atoms with Crippen LogP contribution < -0.4 is 10.1 Å². The molecule has 1 aromatic rings. The van der Waals surface area contributed by atoms with Crippen molar-refractivity contribution >= 4 is 23.5 Å². The SMILES string of the molecule is CCOC(=O)[C@H]1[C@H]2C(=O)N([C@@H](CO)[C@@H](C)CC)[C@H](C(=O)Nc3ccc(OC)cc3)[C@H]2C=C[C@H]1CC. The number of rotatable bonds is 10. The van der Waals surface area contributed by atoms with E-state index in [4.69, 9.17) is 9.47 Å². The number of likely N-dealkylation sites (tertiary alicyclic amines) is 1. The van der Waals surface area contributed by atoms with Crippen molar-refractivity contribution in [2.24, 2.45) is 29.6 Å². The molecule has 0 bridgehead atoms. The molecule has 1 fully saturated rings. The van der Waals surface area contributed by atoms with E-state index in [1.807, 2.05) is 32.9 Å². The summed E-state index contributed by atoms with van der Waals surface area (Å²) < 4.78 is 10.6. The average molecular weight is 487 g/mol. The third-order valence-electron chi connectivity index (χ3n) is 7.55. The minimum absolute atomic E-state index is 0.0348. The Balaban J connectivity index is 2.04. The third-order valence-corrected chi connectivity index (χ3v) is 7.55. The van der Waals surface area contributed by atoms with Crippen LogP contribution in [-0.2, 0) is 19.1 Å². The number of anilines is 1. The number of aliphatic hydroxyl groups excluding tert-OH is 1. The Hall–Kier alpha value is -2.87. The van der Waals surface area contributed by atoms with Crippen LogP contribution in [0.5, 0.6) is 5.75 Å². The average Bonchev–Trinajstić information content (AvgIpc) is 3.16. The van der Waals surface area contributed by atoms with Crippen molar-refractivity contribution in [2.75, 3.05) is 25.6 Å². The molecular formula is C27H38N2O6. The summed E-state index contributed by atoms with van der Waals surface area (Å²) in [7, 11) is 1.57. The zero-order chi connectivity index (χ0) is 25.7. The van der Waals surface area contributed by atoms with Crippen molar-refractivity contribution < 1.29 is 29.0 Å². The first-order valence-corrected chi connectivity index (χ1v) is 12.6. The monoisotopic (exact) mass is 486 g/mol. The van der Waals surface area contributed by atoms with Crippen LogP contribution in [0.2, 0.25) is 0 Å². The van der Waals surface area contributed by atoms with Gasteiger partial charge in [-0.2, -0.15) is 0 Å². The first-order chi connectivity index (χ1) is 16.8. The molecule has 192 valence electrons. The second-order valence-corrected chi connectivity index (χ2v) is 9.38. The van der Waals surface area contributed by atoms with Gasteiger partial charge in [0.2, 0.25) is 11.8 Å². The van der Waals surface area contributed by atoms with E-state index in [2.05, 4.69) is 5.32 Å². The molecule has 1 aliphatic heterocycles. The summed E-state index contributed by atoms with van der Waals surface area (Å²) >= 11 is 0. The van der Waals surface area contributed by atoms with Gasteiger partial charge in [0.05, 0.1) is 38.2 Å². The highest BCUT2D eigenvalue weighted by Crippen LogP contribution is 2.46. The first-order valence-electron chi connectivity index (χ1n) is 12.6. The number of amides is 2. The summed E-state index contributed by atoms with van der Waals surface area (Å²) in [6.07, 6.45) is 5.26. The van der Waals surface area contributed by atoms with Crippen molar-refractivity contribution in [3.8, 4) is 5.75 Å². The molecule has 1 aromatic carbocycles. The fourth-order valence-electron chi connectivity index (χ4n) is 5.46. The lowest BCUT2D eigenvalue weighted by molar-refractivity contribution is -0.156. The fourth-order valence-corrected chi connectivity index (χ4v) is 5.46. The highest BCUT2D eigenvalue weighted by Gasteiger charge is 2.59. The second-order valence-electron chi connectivity index (χ2n) is 9.38. The maximum absolute atomic E-state index is 14.0. The van der Waals surface area contributed by atoms with Gasteiger partial charge in [0, 0.05) is 11.6 Å². The normalized spacial score (nSPS) is 27.2. The summed E-state index contributed by atoms with van der Waals surface area (Å²) in [4.78, 5) is 42.2. The maximum Gasteiger partial charge on any atom is 0.310 e.